The molecule has 0 aliphatic carbocycles. The summed E-state index contributed by atoms with van der Waals surface area (Å²) in [6, 6.07) is 12.9. The van der Waals surface area contributed by atoms with Crippen LogP contribution in [0.2, 0.25) is 0 Å². The molecule has 2 aromatic carbocycles. The van der Waals surface area contributed by atoms with Gasteiger partial charge in [-0.3, -0.25) is 9.59 Å². The molecule has 0 fully saturated rings. The molecule has 2 aromatic rings. The highest BCUT2D eigenvalue weighted by Gasteiger charge is 2.10. The lowest BCUT2D eigenvalue weighted by molar-refractivity contribution is -0.126. The average molecular weight is 444 g/mol. The van der Waals surface area contributed by atoms with E-state index in [0.29, 0.717) is 12.4 Å². The summed E-state index contributed by atoms with van der Waals surface area (Å²) in [6.07, 6.45) is 3.63. The van der Waals surface area contributed by atoms with Crippen molar-refractivity contribution in [3.8, 4) is 5.75 Å². The normalized spacial score (nSPS) is 10.5. The van der Waals surface area contributed by atoms with E-state index in [9.17, 15) is 9.59 Å². The molecule has 6 nitrogen and oxygen atoms in total. The van der Waals surface area contributed by atoms with E-state index in [1.165, 1.54) is 6.21 Å². The third-order valence-corrected chi connectivity index (χ3v) is 4.33. The van der Waals surface area contributed by atoms with Gasteiger partial charge in [-0.05, 0) is 57.7 Å². The van der Waals surface area contributed by atoms with Gasteiger partial charge in [0.1, 0.15) is 18.8 Å². The second-order valence-corrected chi connectivity index (χ2v) is 6.67. The van der Waals surface area contributed by atoms with E-state index in [-0.39, 0.29) is 12.3 Å². The van der Waals surface area contributed by atoms with Gasteiger partial charge in [0.15, 0.2) is 0 Å². The van der Waals surface area contributed by atoms with Crippen LogP contribution < -0.4 is 15.5 Å². The van der Waals surface area contributed by atoms with Crippen LogP contribution in [-0.2, 0) is 16.0 Å². The van der Waals surface area contributed by atoms with Gasteiger partial charge in [0.05, 0.1) is 10.7 Å². The minimum Gasteiger partial charge on any atom is -0.488 e. The third kappa shape index (κ3) is 6.66. The number of benzene rings is 2. The van der Waals surface area contributed by atoms with Crippen LogP contribution in [0.25, 0.3) is 0 Å². The minimum atomic E-state index is -0.493. The number of nitrogens with one attached hydrogen (secondary N) is 2. The third-order valence-electron chi connectivity index (χ3n) is 3.71. The molecule has 0 radical (unpaired) electrons. The molecule has 0 saturated carbocycles. The molecule has 2 rings (SSSR count). The number of halogens is 1. The topological polar surface area (TPSA) is 79.8 Å². The quantitative estimate of drug-likeness (QED) is 0.265. The van der Waals surface area contributed by atoms with Gasteiger partial charge in [-0.15, -0.1) is 0 Å². The minimum absolute atomic E-state index is 0.312. The summed E-state index contributed by atoms with van der Waals surface area (Å²) in [5.41, 5.74) is 4.85. The Labute approximate surface area is 172 Å². The number of carbonyl (C=O) groups is 2. The fraction of sp³-hybridized carbons (Fsp3) is 0.190. The number of ether oxygens (including phenoxy) is 1. The summed E-state index contributed by atoms with van der Waals surface area (Å²) in [5.74, 6) is -0.196. The number of hydrogen-bond acceptors (Lipinski definition) is 4. The molecule has 146 valence electrons. The SMILES string of the molecule is C=CCOc1ccc(C=NNC(=O)CC(=O)Nc2ccccc2CC)cc1Br. The molecule has 2 N–H and O–H groups in total. The Balaban J connectivity index is 1.85. The van der Waals surface area contributed by atoms with Crippen LogP contribution >= 0.6 is 15.9 Å². The van der Waals surface area contributed by atoms with Crippen molar-refractivity contribution in [2.45, 2.75) is 19.8 Å². The summed E-state index contributed by atoms with van der Waals surface area (Å²) in [5, 5.41) is 6.64. The second-order valence-electron chi connectivity index (χ2n) is 5.82. The summed E-state index contributed by atoms with van der Waals surface area (Å²) < 4.78 is 6.23. The van der Waals surface area contributed by atoms with Gasteiger partial charge < -0.3 is 10.1 Å². The van der Waals surface area contributed by atoms with Gasteiger partial charge in [-0.2, -0.15) is 5.10 Å². The van der Waals surface area contributed by atoms with Gasteiger partial charge in [0, 0.05) is 5.69 Å². The van der Waals surface area contributed by atoms with E-state index < -0.39 is 5.91 Å². The van der Waals surface area contributed by atoms with Crippen molar-refractivity contribution in [1.29, 1.82) is 0 Å². The maximum atomic E-state index is 12.0. The molecule has 28 heavy (non-hydrogen) atoms. The Morgan fingerprint density at radius 3 is 2.71 bits per heavy atom. The van der Waals surface area contributed by atoms with Gasteiger partial charge >= 0.3 is 0 Å². The van der Waals surface area contributed by atoms with Gasteiger partial charge in [0.2, 0.25) is 11.8 Å². The van der Waals surface area contributed by atoms with Gasteiger partial charge in [-0.1, -0.05) is 37.8 Å². The first-order chi connectivity index (χ1) is 13.5. The summed E-state index contributed by atoms with van der Waals surface area (Å²) in [7, 11) is 0. The van der Waals surface area contributed by atoms with Crippen LogP contribution in [0, 0.1) is 0 Å². The van der Waals surface area contributed by atoms with E-state index >= 15 is 0 Å². The number of nitrogens with zero attached hydrogens (tertiary/aromatic N) is 1. The molecule has 0 atom stereocenters. The molecule has 0 heterocycles. The summed E-state index contributed by atoms with van der Waals surface area (Å²) in [6.45, 7) is 6.01. The zero-order valence-corrected chi connectivity index (χ0v) is 17.2. The van der Waals surface area contributed by atoms with Crippen molar-refractivity contribution in [2.24, 2.45) is 5.10 Å². The van der Waals surface area contributed by atoms with Gasteiger partial charge in [0.25, 0.3) is 0 Å². The lowest BCUT2D eigenvalue weighted by Crippen LogP contribution is -2.25. The highest BCUT2D eigenvalue weighted by molar-refractivity contribution is 9.10. The lowest BCUT2D eigenvalue weighted by Gasteiger charge is -2.09. The van der Waals surface area contributed by atoms with Crippen LogP contribution in [0.1, 0.15) is 24.5 Å². The largest absolute Gasteiger partial charge is 0.488 e. The van der Waals surface area contributed by atoms with Crippen molar-refractivity contribution < 1.29 is 14.3 Å². The van der Waals surface area contributed by atoms with Crippen LogP contribution in [0.4, 0.5) is 5.69 Å². The predicted molar refractivity (Wildman–Crippen MR) is 115 cm³/mol. The Kier molecular flexibility index (Phi) is 8.42. The van der Waals surface area contributed by atoms with E-state index in [1.807, 2.05) is 37.3 Å². The van der Waals surface area contributed by atoms with Crippen LogP contribution in [0.15, 0.2) is 64.7 Å². The first kappa shape index (κ1) is 21.4. The Hall–Kier alpha value is -2.93. The lowest BCUT2D eigenvalue weighted by atomic mass is 10.1. The maximum Gasteiger partial charge on any atom is 0.249 e. The van der Waals surface area contributed by atoms with E-state index in [0.717, 1.165) is 27.7 Å². The number of rotatable bonds is 9. The Bertz CT molecular complexity index is 881. The highest BCUT2D eigenvalue weighted by Crippen LogP contribution is 2.25. The molecule has 7 heteroatoms. The van der Waals surface area contributed by atoms with Crippen LogP contribution in [0.5, 0.6) is 5.75 Å². The molecular formula is C21H22BrN3O3. The van der Waals surface area contributed by atoms with Crippen molar-refractivity contribution >= 4 is 39.6 Å². The standard InChI is InChI=1S/C21H22BrN3O3/c1-3-11-28-19-10-9-15(12-17(19)22)14-23-25-21(27)13-20(26)24-18-8-6-5-7-16(18)4-2/h3,5-10,12,14H,1,4,11,13H2,2H3,(H,24,26)(H,25,27). The van der Waals surface area contributed by atoms with Crippen molar-refractivity contribution in [2.75, 3.05) is 11.9 Å². The van der Waals surface area contributed by atoms with Gasteiger partial charge in [-0.25, -0.2) is 5.43 Å². The highest BCUT2D eigenvalue weighted by atomic mass is 79.9. The fourth-order valence-electron chi connectivity index (χ4n) is 2.37. The fourth-order valence-corrected chi connectivity index (χ4v) is 2.88. The number of hydrogen-bond donors (Lipinski definition) is 2. The van der Waals surface area contributed by atoms with E-state index in [4.69, 9.17) is 4.74 Å². The smallest absolute Gasteiger partial charge is 0.249 e. The molecule has 2 amide bonds. The first-order valence-corrected chi connectivity index (χ1v) is 9.55. The second kappa shape index (κ2) is 11.0. The number of aryl methyl sites for hydroxylation is 1. The molecule has 0 unspecified atom stereocenters. The van der Waals surface area contributed by atoms with E-state index in [1.54, 1.807) is 18.2 Å². The number of anilines is 1. The zero-order valence-electron chi connectivity index (χ0n) is 15.6. The number of amides is 2. The van der Waals surface area contributed by atoms with E-state index in [2.05, 4.69) is 38.4 Å². The number of para-hydroxylation sites is 1. The summed E-state index contributed by atoms with van der Waals surface area (Å²) in [4.78, 5) is 23.9. The molecule has 0 saturated heterocycles. The molecule has 0 aromatic heterocycles. The summed E-state index contributed by atoms with van der Waals surface area (Å²) >= 11 is 3.41. The van der Waals surface area contributed by atoms with Crippen LogP contribution in [-0.4, -0.2) is 24.6 Å². The first-order valence-electron chi connectivity index (χ1n) is 8.76. The Morgan fingerprint density at radius 2 is 2.00 bits per heavy atom. The molecular weight excluding hydrogens is 422 g/mol. The van der Waals surface area contributed by atoms with Crippen molar-refractivity contribution in [1.82, 2.24) is 5.43 Å². The molecule has 0 aliphatic heterocycles. The zero-order chi connectivity index (χ0) is 20.4. The van der Waals surface area contributed by atoms with Crippen molar-refractivity contribution in [3.05, 3.63) is 70.7 Å². The molecule has 0 bridgehead atoms. The average Bonchev–Trinajstić information content (AvgIpc) is 2.67. The molecule has 0 aliphatic rings. The number of hydrazone groups is 1. The van der Waals surface area contributed by atoms with Crippen LogP contribution in [0.3, 0.4) is 0 Å². The molecule has 0 spiro atoms. The maximum absolute atomic E-state index is 12.0. The van der Waals surface area contributed by atoms with Crippen molar-refractivity contribution in [3.63, 3.8) is 0 Å². The predicted octanol–water partition coefficient (Wildman–Crippen LogP) is 4.06. The monoisotopic (exact) mass is 443 g/mol. The number of carbonyl (C=O) groups excluding carboxylic acids is 2. The Morgan fingerprint density at radius 1 is 1.21 bits per heavy atom.